The molecule has 8 nitrogen and oxygen atoms in total. The third kappa shape index (κ3) is 4.94. The van der Waals surface area contributed by atoms with E-state index in [9.17, 15) is 18.0 Å². The molecule has 2 amide bonds. The zero-order valence-corrected chi connectivity index (χ0v) is 17.2. The van der Waals surface area contributed by atoms with E-state index in [1.54, 1.807) is 31.2 Å². The van der Waals surface area contributed by atoms with Gasteiger partial charge < -0.3 is 4.74 Å². The summed E-state index contributed by atoms with van der Waals surface area (Å²) in [5.74, 6) is -1.17. The fourth-order valence-electron chi connectivity index (χ4n) is 2.82. The minimum absolute atomic E-state index is 0.0105. The lowest BCUT2D eigenvalue weighted by atomic mass is 10.1. The minimum atomic E-state index is -3.74. The fraction of sp³-hybridized carbons (Fsp3) is 0.263. The SMILES string of the molecule is Cc1ccc(S(=O)(=O)N2CCOCC2)cc1C(=O)NNC(=O)c1cccc(Cl)c1. The molecule has 0 aromatic heterocycles. The number of amides is 2. The molecule has 0 bridgehead atoms. The van der Waals surface area contributed by atoms with Crippen molar-refractivity contribution in [1.29, 1.82) is 0 Å². The van der Waals surface area contributed by atoms with Gasteiger partial charge >= 0.3 is 0 Å². The van der Waals surface area contributed by atoms with Crippen LogP contribution in [0, 0.1) is 6.92 Å². The second-order valence-electron chi connectivity index (χ2n) is 6.41. The average Bonchev–Trinajstić information content (AvgIpc) is 2.72. The summed E-state index contributed by atoms with van der Waals surface area (Å²) in [6.45, 7) is 2.85. The van der Waals surface area contributed by atoms with E-state index in [1.807, 2.05) is 0 Å². The lowest BCUT2D eigenvalue weighted by Crippen LogP contribution is -2.42. The second kappa shape index (κ2) is 8.91. The number of hydrogen-bond donors (Lipinski definition) is 2. The van der Waals surface area contributed by atoms with Crippen molar-refractivity contribution in [3.8, 4) is 0 Å². The number of nitrogens with one attached hydrogen (secondary N) is 2. The van der Waals surface area contributed by atoms with Gasteiger partial charge in [-0.3, -0.25) is 20.4 Å². The smallest absolute Gasteiger partial charge is 0.270 e. The van der Waals surface area contributed by atoms with Gasteiger partial charge in [0.05, 0.1) is 18.1 Å². The lowest BCUT2D eigenvalue weighted by Gasteiger charge is -2.26. The van der Waals surface area contributed by atoms with Crippen molar-refractivity contribution in [2.24, 2.45) is 0 Å². The molecule has 10 heteroatoms. The lowest BCUT2D eigenvalue weighted by molar-refractivity contribution is 0.0730. The Balaban J connectivity index is 1.75. The van der Waals surface area contributed by atoms with Crippen molar-refractivity contribution >= 4 is 33.4 Å². The highest BCUT2D eigenvalue weighted by Crippen LogP contribution is 2.20. The van der Waals surface area contributed by atoms with Crippen LogP contribution in [0.2, 0.25) is 5.02 Å². The van der Waals surface area contributed by atoms with Crippen molar-refractivity contribution in [3.05, 3.63) is 64.2 Å². The average molecular weight is 438 g/mol. The van der Waals surface area contributed by atoms with Crippen LogP contribution < -0.4 is 10.9 Å². The molecule has 3 rings (SSSR count). The Morgan fingerprint density at radius 2 is 1.72 bits per heavy atom. The maximum absolute atomic E-state index is 12.8. The highest BCUT2D eigenvalue weighted by Gasteiger charge is 2.27. The Kier molecular flexibility index (Phi) is 6.53. The second-order valence-corrected chi connectivity index (χ2v) is 8.79. The van der Waals surface area contributed by atoms with Crippen molar-refractivity contribution in [2.45, 2.75) is 11.8 Å². The highest BCUT2D eigenvalue weighted by molar-refractivity contribution is 7.89. The molecule has 2 N–H and O–H groups in total. The van der Waals surface area contributed by atoms with E-state index in [0.717, 1.165) is 0 Å². The van der Waals surface area contributed by atoms with Crippen molar-refractivity contribution in [2.75, 3.05) is 26.3 Å². The van der Waals surface area contributed by atoms with E-state index in [4.69, 9.17) is 16.3 Å². The highest BCUT2D eigenvalue weighted by atomic mass is 35.5. The monoisotopic (exact) mass is 437 g/mol. The molecule has 0 atom stereocenters. The summed E-state index contributed by atoms with van der Waals surface area (Å²) >= 11 is 5.86. The van der Waals surface area contributed by atoms with Gasteiger partial charge in [-0.05, 0) is 42.8 Å². The predicted octanol–water partition coefficient (Wildman–Crippen LogP) is 1.74. The van der Waals surface area contributed by atoms with Gasteiger partial charge in [-0.25, -0.2) is 8.42 Å². The number of hydrogen-bond acceptors (Lipinski definition) is 5. The van der Waals surface area contributed by atoms with Gasteiger partial charge in [0.15, 0.2) is 0 Å². The number of halogens is 1. The molecule has 0 unspecified atom stereocenters. The summed E-state index contributed by atoms with van der Waals surface area (Å²) in [5.41, 5.74) is 5.60. The van der Waals surface area contributed by atoms with Gasteiger partial charge in [0, 0.05) is 29.2 Å². The van der Waals surface area contributed by atoms with Crippen molar-refractivity contribution in [1.82, 2.24) is 15.2 Å². The summed E-state index contributed by atoms with van der Waals surface area (Å²) in [5, 5.41) is 0.390. The molecule has 154 valence electrons. The van der Waals surface area contributed by atoms with Gasteiger partial charge in [-0.15, -0.1) is 0 Å². The van der Waals surface area contributed by atoms with Crippen LogP contribution in [0.25, 0.3) is 0 Å². The molecule has 1 aliphatic rings. The molecule has 0 aliphatic carbocycles. The Bertz CT molecular complexity index is 1040. The number of ether oxygens (including phenoxy) is 1. The third-order valence-electron chi connectivity index (χ3n) is 4.44. The van der Waals surface area contributed by atoms with Crippen LogP contribution in [0.5, 0.6) is 0 Å². The molecule has 1 saturated heterocycles. The minimum Gasteiger partial charge on any atom is -0.379 e. The third-order valence-corrected chi connectivity index (χ3v) is 6.57. The number of hydrazine groups is 1. The van der Waals surface area contributed by atoms with Crippen LogP contribution in [0.3, 0.4) is 0 Å². The Morgan fingerprint density at radius 3 is 2.41 bits per heavy atom. The molecule has 2 aromatic rings. The fourth-order valence-corrected chi connectivity index (χ4v) is 4.45. The summed E-state index contributed by atoms with van der Waals surface area (Å²) in [4.78, 5) is 24.7. The van der Waals surface area contributed by atoms with E-state index in [0.29, 0.717) is 23.8 Å². The van der Waals surface area contributed by atoms with Gasteiger partial charge in [0.1, 0.15) is 0 Å². The molecule has 29 heavy (non-hydrogen) atoms. The summed E-state index contributed by atoms with van der Waals surface area (Å²) in [6.07, 6.45) is 0. The number of sulfonamides is 1. The molecule has 0 radical (unpaired) electrons. The zero-order valence-electron chi connectivity index (χ0n) is 15.6. The molecular weight excluding hydrogens is 418 g/mol. The van der Waals surface area contributed by atoms with Crippen LogP contribution in [0.15, 0.2) is 47.4 Å². The van der Waals surface area contributed by atoms with E-state index < -0.39 is 21.8 Å². The van der Waals surface area contributed by atoms with E-state index in [-0.39, 0.29) is 29.1 Å². The first kappa shape index (κ1) is 21.3. The maximum atomic E-state index is 12.8. The Morgan fingerprint density at radius 1 is 1.03 bits per heavy atom. The number of aryl methyl sites for hydroxylation is 1. The first-order valence-corrected chi connectivity index (χ1v) is 10.7. The zero-order chi connectivity index (χ0) is 21.0. The van der Waals surface area contributed by atoms with Crippen LogP contribution in [-0.4, -0.2) is 50.8 Å². The number of carbonyl (C=O) groups is 2. The van der Waals surface area contributed by atoms with Crippen molar-refractivity contribution in [3.63, 3.8) is 0 Å². The van der Waals surface area contributed by atoms with Crippen LogP contribution in [0.1, 0.15) is 26.3 Å². The summed E-state index contributed by atoms with van der Waals surface area (Å²) in [6, 6.07) is 10.6. The molecule has 0 spiro atoms. The van der Waals surface area contributed by atoms with Crippen LogP contribution in [-0.2, 0) is 14.8 Å². The largest absolute Gasteiger partial charge is 0.379 e. The van der Waals surface area contributed by atoms with Crippen molar-refractivity contribution < 1.29 is 22.7 Å². The van der Waals surface area contributed by atoms with E-state index in [1.165, 1.54) is 22.5 Å². The first-order chi connectivity index (χ1) is 13.8. The van der Waals surface area contributed by atoms with Gasteiger partial charge in [0.25, 0.3) is 11.8 Å². The molecule has 1 aliphatic heterocycles. The summed E-state index contributed by atoms with van der Waals surface area (Å²) in [7, 11) is -3.74. The Hall–Kier alpha value is -2.46. The molecule has 1 fully saturated rings. The molecule has 1 heterocycles. The topological polar surface area (TPSA) is 105 Å². The van der Waals surface area contributed by atoms with Gasteiger partial charge in [-0.1, -0.05) is 23.7 Å². The molecule has 0 saturated carbocycles. The number of nitrogens with zero attached hydrogens (tertiary/aromatic N) is 1. The van der Waals surface area contributed by atoms with Crippen LogP contribution >= 0.6 is 11.6 Å². The van der Waals surface area contributed by atoms with E-state index >= 15 is 0 Å². The van der Waals surface area contributed by atoms with Gasteiger partial charge in [-0.2, -0.15) is 4.31 Å². The summed E-state index contributed by atoms with van der Waals surface area (Å²) < 4.78 is 32.1. The molecule has 2 aromatic carbocycles. The maximum Gasteiger partial charge on any atom is 0.270 e. The molecular formula is C19H20ClN3O5S. The number of benzene rings is 2. The number of morpholine rings is 1. The van der Waals surface area contributed by atoms with Crippen LogP contribution in [0.4, 0.5) is 0 Å². The quantitative estimate of drug-likeness (QED) is 0.709. The predicted molar refractivity (Wildman–Crippen MR) is 107 cm³/mol. The number of carbonyl (C=O) groups excluding carboxylic acids is 2. The standard InChI is InChI=1S/C19H20ClN3O5S/c1-13-5-6-16(29(26,27)23-7-9-28-10-8-23)12-17(13)19(25)22-21-18(24)14-3-2-4-15(20)11-14/h2-6,11-12H,7-10H2,1H3,(H,21,24)(H,22,25). The first-order valence-electron chi connectivity index (χ1n) is 8.84. The Labute approximate surface area is 173 Å². The normalized spacial score (nSPS) is 15.0. The van der Waals surface area contributed by atoms with Gasteiger partial charge in [0.2, 0.25) is 10.0 Å². The number of rotatable bonds is 4. The van der Waals surface area contributed by atoms with E-state index in [2.05, 4.69) is 10.9 Å².